The highest BCUT2D eigenvalue weighted by Crippen LogP contribution is 2.41. The molecule has 0 unspecified atom stereocenters. The normalized spacial score (nSPS) is 11.6. The molecule has 4 nitrogen and oxygen atoms in total. The van der Waals surface area contributed by atoms with Crippen LogP contribution < -0.4 is 0 Å². The van der Waals surface area contributed by atoms with Gasteiger partial charge in [0.05, 0.1) is 11.0 Å². The van der Waals surface area contributed by atoms with Crippen LogP contribution in [0.15, 0.2) is 218 Å². The minimum atomic E-state index is 0.622. The van der Waals surface area contributed by atoms with Crippen molar-refractivity contribution in [1.82, 2.24) is 19.5 Å². The second-order valence-corrected chi connectivity index (χ2v) is 15.6. The maximum absolute atomic E-state index is 5.31. The minimum absolute atomic E-state index is 0.622. The lowest BCUT2D eigenvalue weighted by Gasteiger charge is -2.15. The van der Waals surface area contributed by atoms with Crippen molar-refractivity contribution in [2.75, 3.05) is 0 Å². The van der Waals surface area contributed by atoms with Gasteiger partial charge in [-0.25, -0.2) is 15.0 Å². The van der Waals surface area contributed by atoms with E-state index >= 15 is 0 Å². The van der Waals surface area contributed by atoms with Gasteiger partial charge in [0.15, 0.2) is 17.5 Å². The molecule has 0 atom stereocenters. The molecular weight excluding hydrogens is 741 g/mol. The van der Waals surface area contributed by atoms with Crippen molar-refractivity contribution in [3.05, 3.63) is 218 Å². The smallest absolute Gasteiger partial charge is 0.164 e. The van der Waals surface area contributed by atoms with E-state index < -0.39 is 0 Å². The molecule has 0 aliphatic carbocycles. The molecule has 0 fully saturated rings. The summed E-state index contributed by atoms with van der Waals surface area (Å²) in [5.74, 6) is 1.88. The summed E-state index contributed by atoms with van der Waals surface area (Å²) in [5, 5.41) is 9.68. The Morgan fingerprint density at radius 1 is 0.295 bits per heavy atom. The van der Waals surface area contributed by atoms with Crippen LogP contribution in [0.3, 0.4) is 0 Å². The van der Waals surface area contributed by atoms with E-state index in [0.717, 1.165) is 55.3 Å². The van der Waals surface area contributed by atoms with Gasteiger partial charge in [0.2, 0.25) is 0 Å². The molecule has 12 aromatic rings. The van der Waals surface area contributed by atoms with Gasteiger partial charge in [-0.1, -0.05) is 188 Å². The van der Waals surface area contributed by atoms with Gasteiger partial charge >= 0.3 is 0 Å². The number of para-hydroxylation sites is 2. The fourth-order valence-corrected chi connectivity index (χ4v) is 9.18. The highest BCUT2D eigenvalue weighted by molar-refractivity contribution is 6.20. The van der Waals surface area contributed by atoms with Gasteiger partial charge in [0.25, 0.3) is 0 Å². The summed E-state index contributed by atoms with van der Waals surface area (Å²) < 4.78 is 2.33. The number of hydrogen-bond acceptors (Lipinski definition) is 3. The quantitative estimate of drug-likeness (QED) is 0.125. The van der Waals surface area contributed by atoms with Crippen molar-refractivity contribution in [1.29, 1.82) is 0 Å². The lowest BCUT2D eigenvalue weighted by molar-refractivity contribution is 1.08. The molecule has 0 aliphatic rings. The van der Waals surface area contributed by atoms with Crippen LogP contribution in [0.5, 0.6) is 0 Å². The van der Waals surface area contributed by atoms with E-state index in [0.29, 0.717) is 17.5 Å². The number of fused-ring (bicyclic) bond motifs is 7. The Balaban J connectivity index is 1.05. The van der Waals surface area contributed by atoms with E-state index in [1.807, 2.05) is 6.07 Å². The Labute approximate surface area is 352 Å². The van der Waals surface area contributed by atoms with Gasteiger partial charge in [-0.05, 0) is 84.9 Å². The lowest BCUT2D eigenvalue weighted by Crippen LogP contribution is -2.01. The van der Waals surface area contributed by atoms with E-state index in [2.05, 4.69) is 217 Å². The summed E-state index contributed by atoms with van der Waals surface area (Å²) in [7, 11) is 0. The van der Waals surface area contributed by atoms with Crippen LogP contribution in [0.1, 0.15) is 0 Å². The predicted molar refractivity (Wildman–Crippen MR) is 254 cm³/mol. The highest BCUT2D eigenvalue weighted by Gasteiger charge is 2.20. The van der Waals surface area contributed by atoms with E-state index in [9.17, 15) is 0 Å². The third kappa shape index (κ3) is 5.88. The van der Waals surface area contributed by atoms with Crippen molar-refractivity contribution in [3.63, 3.8) is 0 Å². The van der Waals surface area contributed by atoms with Crippen LogP contribution in [-0.2, 0) is 0 Å². The zero-order valence-electron chi connectivity index (χ0n) is 33.1. The molecular formula is C57H36N4. The first kappa shape index (κ1) is 34.8. The molecule has 0 saturated heterocycles. The van der Waals surface area contributed by atoms with E-state index in [1.54, 1.807) is 0 Å². The molecule has 4 heteroatoms. The second-order valence-electron chi connectivity index (χ2n) is 15.6. The molecule has 0 aliphatic heterocycles. The zero-order valence-corrected chi connectivity index (χ0v) is 33.1. The van der Waals surface area contributed by atoms with Crippen molar-refractivity contribution in [2.45, 2.75) is 0 Å². The molecule has 0 spiro atoms. The number of hydrogen-bond donors (Lipinski definition) is 0. The van der Waals surface area contributed by atoms with Crippen LogP contribution >= 0.6 is 0 Å². The Kier molecular flexibility index (Phi) is 8.13. The first-order chi connectivity index (χ1) is 30.2. The van der Waals surface area contributed by atoms with Crippen LogP contribution in [0.25, 0.3) is 116 Å². The number of aromatic nitrogens is 4. The molecule has 12 rings (SSSR count). The summed E-state index contributed by atoms with van der Waals surface area (Å²) in [6.07, 6.45) is 0. The molecule has 2 heterocycles. The molecule has 0 saturated carbocycles. The Bertz CT molecular complexity index is 3610. The van der Waals surface area contributed by atoms with Crippen molar-refractivity contribution < 1.29 is 0 Å². The number of benzene rings is 10. The summed E-state index contributed by atoms with van der Waals surface area (Å²) in [4.78, 5) is 15.8. The molecule has 0 N–H and O–H groups in total. The first-order valence-electron chi connectivity index (χ1n) is 20.7. The summed E-state index contributed by atoms with van der Waals surface area (Å²) in [6.45, 7) is 0. The zero-order chi connectivity index (χ0) is 40.3. The standard InChI is InChI=1S/C57H36N4/c1-3-14-37(15-4-1)38-26-30-41(31-27-38)55-58-56(60-57(59-55)49-23-13-25-52-54(49)48-22-11-12-24-51(48)61(52)44-18-5-2-6-19-44)42-32-28-40(29-33-42)53-46-21-10-8-17-43(46)36-50-45-20-9-7-16-39(45)34-35-47(50)53/h1-36H. The van der Waals surface area contributed by atoms with E-state index in [1.165, 1.54) is 43.4 Å². The molecule has 0 radical (unpaired) electrons. The summed E-state index contributed by atoms with van der Waals surface area (Å²) in [5.41, 5.74) is 10.8. The fraction of sp³-hybridized carbons (Fsp3) is 0. The fourth-order valence-electron chi connectivity index (χ4n) is 9.18. The Morgan fingerprint density at radius 3 is 1.57 bits per heavy atom. The summed E-state index contributed by atoms with van der Waals surface area (Å²) in [6, 6.07) is 77.5. The van der Waals surface area contributed by atoms with Crippen LogP contribution in [0, 0.1) is 0 Å². The van der Waals surface area contributed by atoms with Crippen molar-refractivity contribution in [3.8, 4) is 62.1 Å². The lowest BCUT2D eigenvalue weighted by atomic mass is 9.89. The number of rotatable bonds is 6. The van der Waals surface area contributed by atoms with E-state index in [4.69, 9.17) is 15.0 Å². The minimum Gasteiger partial charge on any atom is -0.309 e. The van der Waals surface area contributed by atoms with Gasteiger partial charge in [0, 0.05) is 33.2 Å². The largest absolute Gasteiger partial charge is 0.309 e. The van der Waals surface area contributed by atoms with Crippen molar-refractivity contribution >= 4 is 54.1 Å². The maximum Gasteiger partial charge on any atom is 0.164 e. The van der Waals surface area contributed by atoms with Gasteiger partial charge in [0.1, 0.15) is 0 Å². The molecule has 0 amide bonds. The maximum atomic E-state index is 5.31. The van der Waals surface area contributed by atoms with Gasteiger partial charge in [-0.2, -0.15) is 0 Å². The van der Waals surface area contributed by atoms with Crippen molar-refractivity contribution in [2.24, 2.45) is 0 Å². The topological polar surface area (TPSA) is 43.6 Å². The predicted octanol–water partition coefficient (Wildman–Crippen LogP) is 14.8. The Morgan fingerprint density at radius 2 is 0.836 bits per heavy atom. The molecule has 0 bridgehead atoms. The van der Waals surface area contributed by atoms with E-state index in [-0.39, 0.29) is 0 Å². The third-order valence-electron chi connectivity index (χ3n) is 12.0. The van der Waals surface area contributed by atoms with Gasteiger partial charge in [-0.15, -0.1) is 0 Å². The highest BCUT2D eigenvalue weighted by atomic mass is 15.0. The van der Waals surface area contributed by atoms with Crippen LogP contribution in [0.2, 0.25) is 0 Å². The van der Waals surface area contributed by atoms with Gasteiger partial charge < -0.3 is 4.57 Å². The average molecular weight is 777 g/mol. The third-order valence-corrected chi connectivity index (χ3v) is 12.0. The molecule has 284 valence electrons. The molecule has 61 heavy (non-hydrogen) atoms. The number of nitrogens with zero attached hydrogens (tertiary/aromatic N) is 4. The monoisotopic (exact) mass is 776 g/mol. The second kappa shape index (κ2) is 14.3. The average Bonchev–Trinajstić information content (AvgIpc) is 3.68. The Hall–Kier alpha value is -8.21. The van der Waals surface area contributed by atoms with Crippen LogP contribution in [-0.4, -0.2) is 19.5 Å². The molecule has 2 aromatic heterocycles. The van der Waals surface area contributed by atoms with Gasteiger partial charge in [-0.3, -0.25) is 0 Å². The molecule has 10 aromatic carbocycles. The SMILES string of the molecule is c1ccc(-c2ccc(-c3nc(-c4ccc(-c5c6ccccc6cc6c5ccc5ccccc56)cc4)nc(-c4cccc5c4c4ccccc4n5-c4ccccc4)n3)cc2)cc1. The summed E-state index contributed by atoms with van der Waals surface area (Å²) >= 11 is 0. The van der Waals surface area contributed by atoms with Crippen LogP contribution in [0.4, 0.5) is 0 Å². The first-order valence-corrected chi connectivity index (χ1v) is 20.7.